The number of rotatable bonds is 6. The summed E-state index contributed by atoms with van der Waals surface area (Å²) in [7, 11) is 0. The van der Waals surface area contributed by atoms with E-state index >= 15 is 0 Å². The third-order valence-electron chi connectivity index (χ3n) is 4.07. The molecule has 2 rings (SSSR count). The molecule has 0 radical (unpaired) electrons. The third kappa shape index (κ3) is 7.25. The van der Waals surface area contributed by atoms with E-state index < -0.39 is 17.3 Å². The summed E-state index contributed by atoms with van der Waals surface area (Å²) in [6.07, 6.45) is 1.50. The summed E-state index contributed by atoms with van der Waals surface area (Å²) in [6.45, 7) is 7.66. The number of benzene rings is 2. The maximum absolute atomic E-state index is 12.3. The van der Waals surface area contributed by atoms with Crippen LogP contribution in [0.3, 0.4) is 0 Å². The molecule has 0 spiro atoms. The van der Waals surface area contributed by atoms with Crippen LogP contribution in [0.15, 0.2) is 66.5 Å². The van der Waals surface area contributed by atoms with Gasteiger partial charge in [0.05, 0.1) is 0 Å². The van der Waals surface area contributed by atoms with Crippen molar-refractivity contribution in [3.63, 3.8) is 0 Å². The minimum atomic E-state index is -0.993. The Bertz CT molecular complexity index is 895. The van der Waals surface area contributed by atoms with Crippen LogP contribution < -0.4 is 10.6 Å². The number of amides is 1. The molecule has 1 amide bonds. The van der Waals surface area contributed by atoms with E-state index in [9.17, 15) is 9.59 Å². The Morgan fingerprint density at radius 1 is 1.03 bits per heavy atom. The maximum atomic E-state index is 12.3. The van der Waals surface area contributed by atoms with Gasteiger partial charge in [-0.25, -0.2) is 4.79 Å². The Kier molecular flexibility index (Phi) is 7.31. The summed E-state index contributed by atoms with van der Waals surface area (Å²) in [5, 5.41) is 13.8. The number of allylic oxidation sites excluding steroid dienone is 1. The Morgan fingerprint density at radius 2 is 1.66 bits per heavy atom. The number of aryl methyl sites for hydroxylation is 1. The van der Waals surface area contributed by atoms with Crippen molar-refractivity contribution in [2.24, 2.45) is 5.41 Å². The number of esters is 1. The molecule has 0 saturated heterocycles. The number of hydrogen-bond acceptors (Lipinski definition) is 5. The lowest BCUT2D eigenvalue weighted by Gasteiger charge is -2.19. The van der Waals surface area contributed by atoms with Gasteiger partial charge in [0.1, 0.15) is 12.4 Å². The number of carbonyl (C=O) groups is 2. The summed E-state index contributed by atoms with van der Waals surface area (Å²) < 4.78 is 5.07. The summed E-state index contributed by atoms with van der Waals surface area (Å²) in [4.78, 5) is 24.4. The number of nitrogens with one attached hydrogen (secondary N) is 3. The van der Waals surface area contributed by atoms with Gasteiger partial charge in [-0.05, 0) is 24.6 Å². The van der Waals surface area contributed by atoms with Crippen LogP contribution in [0.1, 0.15) is 31.9 Å². The quantitative estimate of drug-likeness (QED) is 0.390. The zero-order valence-electron chi connectivity index (χ0n) is 17.2. The normalized spacial score (nSPS) is 11.5. The monoisotopic (exact) mass is 393 g/mol. The van der Waals surface area contributed by atoms with E-state index in [2.05, 4.69) is 10.6 Å². The van der Waals surface area contributed by atoms with Crippen molar-refractivity contribution in [1.29, 1.82) is 5.41 Å². The molecule has 6 nitrogen and oxygen atoms in total. The van der Waals surface area contributed by atoms with Crippen molar-refractivity contribution in [3.8, 4) is 0 Å². The van der Waals surface area contributed by atoms with Gasteiger partial charge in [0.15, 0.2) is 0 Å². The summed E-state index contributed by atoms with van der Waals surface area (Å²) in [5.41, 5.74) is 2.49. The molecule has 2 aromatic rings. The molecule has 0 aromatic heterocycles. The van der Waals surface area contributed by atoms with E-state index in [0.29, 0.717) is 5.71 Å². The predicted octanol–water partition coefficient (Wildman–Crippen LogP) is 4.17. The minimum absolute atomic E-state index is 0.00927. The van der Waals surface area contributed by atoms with Crippen molar-refractivity contribution in [2.45, 2.75) is 34.3 Å². The van der Waals surface area contributed by atoms with Crippen LogP contribution in [0.5, 0.6) is 0 Å². The maximum Gasteiger partial charge on any atom is 0.397 e. The van der Waals surface area contributed by atoms with Gasteiger partial charge >= 0.3 is 11.9 Å². The van der Waals surface area contributed by atoms with E-state index in [4.69, 9.17) is 10.1 Å². The lowest BCUT2D eigenvalue weighted by molar-refractivity contribution is -0.155. The number of ether oxygens (including phenoxy) is 1. The van der Waals surface area contributed by atoms with Gasteiger partial charge in [0, 0.05) is 22.9 Å². The van der Waals surface area contributed by atoms with E-state index in [1.165, 1.54) is 6.08 Å². The highest BCUT2D eigenvalue weighted by Crippen LogP contribution is 2.17. The van der Waals surface area contributed by atoms with Crippen LogP contribution in [-0.4, -0.2) is 17.6 Å². The number of anilines is 1. The molecule has 152 valence electrons. The van der Waals surface area contributed by atoms with Gasteiger partial charge < -0.3 is 20.8 Å². The molecule has 0 atom stereocenters. The van der Waals surface area contributed by atoms with Crippen molar-refractivity contribution in [2.75, 3.05) is 5.32 Å². The van der Waals surface area contributed by atoms with Crippen LogP contribution in [0.4, 0.5) is 5.69 Å². The minimum Gasteiger partial charge on any atom is -0.454 e. The molecule has 0 heterocycles. The van der Waals surface area contributed by atoms with E-state index in [1.54, 1.807) is 12.1 Å². The Balaban J connectivity index is 2.09. The standard InChI is InChI=1S/C23H27N3O3/c1-16-10-12-18(13-11-16)25-20(14-19(24)23(2,3)4)26-21(27)22(28)29-15-17-8-6-5-7-9-17/h5-14,24-25H,15H2,1-4H3,(H,26,27)/b20-14+,24-19?. The summed E-state index contributed by atoms with van der Waals surface area (Å²) in [5.74, 6) is -1.67. The largest absolute Gasteiger partial charge is 0.454 e. The Hall–Kier alpha value is -3.41. The fourth-order valence-corrected chi connectivity index (χ4v) is 2.22. The molecule has 0 aliphatic rings. The second kappa shape index (κ2) is 9.68. The predicted molar refractivity (Wildman–Crippen MR) is 114 cm³/mol. The molecule has 0 bridgehead atoms. The van der Waals surface area contributed by atoms with Crippen LogP contribution >= 0.6 is 0 Å². The smallest absolute Gasteiger partial charge is 0.397 e. The first-order valence-electron chi connectivity index (χ1n) is 9.31. The fraction of sp³-hybridized carbons (Fsp3) is 0.261. The Labute approximate surface area is 171 Å². The molecule has 0 aliphatic heterocycles. The van der Waals surface area contributed by atoms with Crippen LogP contribution in [0, 0.1) is 17.7 Å². The average Bonchev–Trinajstić information content (AvgIpc) is 2.67. The molecule has 0 saturated carbocycles. The topological polar surface area (TPSA) is 91.3 Å². The van der Waals surface area contributed by atoms with Crippen LogP contribution in [0.25, 0.3) is 0 Å². The van der Waals surface area contributed by atoms with Crippen molar-refractivity contribution in [3.05, 3.63) is 77.6 Å². The molecule has 0 fully saturated rings. The number of carbonyl (C=O) groups excluding carboxylic acids is 2. The lowest BCUT2D eigenvalue weighted by Crippen LogP contribution is -2.35. The van der Waals surface area contributed by atoms with Gasteiger partial charge in [0.25, 0.3) is 0 Å². The lowest BCUT2D eigenvalue weighted by atomic mass is 9.90. The van der Waals surface area contributed by atoms with Gasteiger partial charge in [-0.3, -0.25) is 4.79 Å². The highest BCUT2D eigenvalue weighted by Gasteiger charge is 2.20. The zero-order chi connectivity index (χ0) is 21.4. The SMILES string of the molecule is Cc1ccc(N/C(=C\C(=N)C(C)(C)C)NC(=O)C(=O)OCc2ccccc2)cc1. The summed E-state index contributed by atoms with van der Waals surface area (Å²) in [6, 6.07) is 16.7. The van der Waals surface area contributed by atoms with E-state index in [-0.39, 0.29) is 12.4 Å². The van der Waals surface area contributed by atoms with Crippen LogP contribution in [0.2, 0.25) is 0 Å². The first-order chi connectivity index (χ1) is 13.6. The van der Waals surface area contributed by atoms with E-state index in [1.807, 2.05) is 70.2 Å². The van der Waals surface area contributed by atoms with Crippen molar-refractivity contribution >= 4 is 23.3 Å². The van der Waals surface area contributed by atoms with Crippen LogP contribution in [-0.2, 0) is 20.9 Å². The van der Waals surface area contributed by atoms with Crippen molar-refractivity contribution in [1.82, 2.24) is 5.32 Å². The molecule has 2 aromatic carbocycles. The fourth-order valence-electron chi connectivity index (χ4n) is 2.22. The number of hydrogen-bond donors (Lipinski definition) is 3. The highest BCUT2D eigenvalue weighted by atomic mass is 16.5. The van der Waals surface area contributed by atoms with Gasteiger partial charge in [-0.2, -0.15) is 0 Å². The third-order valence-corrected chi connectivity index (χ3v) is 4.07. The molecule has 0 unspecified atom stereocenters. The average molecular weight is 393 g/mol. The molecule has 29 heavy (non-hydrogen) atoms. The van der Waals surface area contributed by atoms with Crippen molar-refractivity contribution < 1.29 is 14.3 Å². The molecule has 3 N–H and O–H groups in total. The molecule has 0 aliphatic carbocycles. The summed E-state index contributed by atoms with van der Waals surface area (Å²) >= 11 is 0. The van der Waals surface area contributed by atoms with Gasteiger partial charge in [0.2, 0.25) is 0 Å². The van der Waals surface area contributed by atoms with Gasteiger partial charge in [-0.15, -0.1) is 0 Å². The molecular formula is C23H27N3O3. The first-order valence-corrected chi connectivity index (χ1v) is 9.31. The van der Waals surface area contributed by atoms with Gasteiger partial charge in [-0.1, -0.05) is 68.8 Å². The Morgan fingerprint density at radius 3 is 2.24 bits per heavy atom. The molecule has 6 heteroatoms. The highest BCUT2D eigenvalue weighted by molar-refractivity contribution is 6.33. The zero-order valence-corrected chi connectivity index (χ0v) is 17.2. The van der Waals surface area contributed by atoms with E-state index in [0.717, 1.165) is 16.8 Å². The molecular weight excluding hydrogens is 366 g/mol. The first kappa shape index (κ1) is 21.9. The second-order valence-corrected chi connectivity index (χ2v) is 7.73. The second-order valence-electron chi connectivity index (χ2n) is 7.73.